The molecule has 2 aliphatic rings. The maximum Gasteiger partial charge on any atom is 0.123 e. The standard InChI is InChI=1S/C52H41N5/c1-4-15-34(16-5-1)39-29-30-43-46(32-39)57(47-33-44(36-18-6-2-7-19-36)41-23-12-13-24-42(41)49(43)47)48-26-14-25-45(53-48)52-55-50(37-20-8-3-9-21-37)54-51(56-52)40-28-27-35-17-10-11-22-38(35)31-40/h1-33,48,50-56H. The van der Waals surface area contributed by atoms with Crippen LogP contribution in [0, 0.1) is 0 Å². The molecule has 4 unspecified atom stereocenters. The highest BCUT2D eigenvalue weighted by molar-refractivity contribution is 6.24. The summed E-state index contributed by atoms with van der Waals surface area (Å²) in [7, 11) is 0. The van der Waals surface area contributed by atoms with Crippen LogP contribution >= 0.6 is 0 Å². The van der Waals surface area contributed by atoms with Gasteiger partial charge in [-0.05, 0) is 85.3 Å². The molecule has 1 aromatic heterocycles. The molecule has 0 saturated carbocycles. The number of rotatable bonds is 6. The molecule has 4 N–H and O–H groups in total. The van der Waals surface area contributed by atoms with E-state index in [0.29, 0.717) is 0 Å². The average molecular weight is 736 g/mol. The van der Waals surface area contributed by atoms with Gasteiger partial charge in [0, 0.05) is 16.5 Å². The number of nitrogens with zero attached hydrogens (tertiary/aromatic N) is 1. The van der Waals surface area contributed by atoms with Gasteiger partial charge in [0.05, 0.1) is 23.4 Å². The van der Waals surface area contributed by atoms with Crippen molar-refractivity contribution in [3.05, 3.63) is 217 Å². The fraction of sp³-hybridized carbons (Fsp3) is 0.0769. The predicted molar refractivity (Wildman–Crippen MR) is 236 cm³/mol. The smallest absolute Gasteiger partial charge is 0.123 e. The molecule has 11 rings (SSSR count). The number of benzene rings is 8. The van der Waals surface area contributed by atoms with Crippen LogP contribution in [0.4, 0.5) is 0 Å². The highest BCUT2D eigenvalue weighted by Crippen LogP contribution is 2.43. The van der Waals surface area contributed by atoms with E-state index in [-0.39, 0.29) is 24.7 Å². The molecule has 3 heterocycles. The van der Waals surface area contributed by atoms with E-state index in [1.165, 1.54) is 76.7 Å². The first-order chi connectivity index (χ1) is 28.2. The molecule has 57 heavy (non-hydrogen) atoms. The van der Waals surface area contributed by atoms with Crippen molar-refractivity contribution in [2.75, 3.05) is 0 Å². The maximum absolute atomic E-state index is 4.03. The van der Waals surface area contributed by atoms with Crippen molar-refractivity contribution in [2.45, 2.75) is 24.7 Å². The van der Waals surface area contributed by atoms with E-state index in [1.54, 1.807) is 0 Å². The third kappa shape index (κ3) is 6.01. The summed E-state index contributed by atoms with van der Waals surface area (Å²) in [5, 5.41) is 23.2. The van der Waals surface area contributed by atoms with Crippen LogP contribution in [0.1, 0.15) is 29.6 Å². The van der Waals surface area contributed by atoms with Gasteiger partial charge < -0.3 is 9.88 Å². The van der Waals surface area contributed by atoms with Crippen LogP contribution in [0.15, 0.2) is 206 Å². The third-order valence-electron chi connectivity index (χ3n) is 11.7. The Kier molecular flexibility index (Phi) is 8.29. The molecular formula is C52H41N5. The van der Waals surface area contributed by atoms with Gasteiger partial charge in [0.15, 0.2) is 0 Å². The molecule has 2 aliphatic heterocycles. The highest BCUT2D eigenvalue weighted by atomic mass is 15.4. The Morgan fingerprint density at radius 2 is 1.07 bits per heavy atom. The van der Waals surface area contributed by atoms with E-state index >= 15 is 0 Å². The second kappa shape index (κ2) is 14.1. The minimum absolute atomic E-state index is 0.0811. The number of fused-ring (bicyclic) bond motifs is 6. The summed E-state index contributed by atoms with van der Waals surface area (Å²) in [5.41, 5.74) is 10.7. The first-order valence-electron chi connectivity index (χ1n) is 19.8. The van der Waals surface area contributed by atoms with Crippen molar-refractivity contribution in [1.82, 2.24) is 25.8 Å². The first kappa shape index (κ1) is 33.6. The van der Waals surface area contributed by atoms with Gasteiger partial charge in [0.1, 0.15) is 12.3 Å². The molecule has 1 saturated heterocycles. The molecule has 0 spiro atoms. The van der Waals surface area contributed by atoms with Gasteiger partial charge in [0.2, 0.25) is 0 Å². The van der Waals surface area contributed by atoms with Gasteiger partial charge in [-0.25, -0.2) is 0 Å². The largest absolute Gasteiger partial charge is 0.363 e. The Hall–Kier alpha value is -6.76. The topological polar surface area (TPSA) is 53.1 Å². The Morgan fingerprint density at radius 1 is 0.421 bits per heavy atom. The van der Waals surface area contributed by atoms with Crippen LogP contribution in [0.3, 0.4) is 0 Å². The van der Waals surface area contributed by atoms with E-state index in [4.69, 9.17) is 0 Å². The molecule has 0 amide bonds. The first-order valence-corrected chi connectivity index (χ1v) is 19.8. The van der Waals surface area contributed by atoms with E-state index < -0.39 is 0 Å². The van der Waals surface area contributed by atoms with Crippen LogP contribution in [-0.2, 0) is 0 Å². The monoisotopic (exact) mass is 735 g/mol. The zero-order valence-corrected chi connectivity index (χ0v) is 31.3. The zero-order valence-electron chi connectivity index (χ0n) is 31.3. The van der Waals surface area contributed by atoms with Gasteiger partial charge in [-0.1, -0.05) is 170 Å². The van der Waals surface area contributed by atoms with Crippen molar-refractivity contribution in [2.24, 2.45) is 0 Å². The van der Waals surface area contributed by atoms with Gasteiger partial charge >= 0.3 is 0 Å². The van der Waals surface area contributed by atoms with Gasteiger partial charge in [-0.3, -0.25) is 16.0 Å². The summed E-state index contributed by atoms with van der Waals surface area (Å²) in [5.74, 6) is 0. The summed E-state index contributed by atoms with van der Waals surface area (Å²) >= 11 is 0. The number of hydrogen-bond donors (Lipinski definition) is 4. The second-order valence-electron chi connectivity index (χ2n) is 15.1. The molecule has 9 aromatic rings. The van der Waals surface area contributed by atoms with Crippen molar-refractivity contribution >= 4 is 43.4 Å². The Bertz CT molecular complexity index is 2980. The Balaban J connectivity index is 1.05. The van der Waals surface area contributed by atoms with Crippen LogP contribution in [0.2, 0.25) is 0 Å². The van der Waals surface area contributed by atoms with Crippen LogP contribution in [0.5, 0.6) is 0 Å². The summed E-state index contributed by atoms with van der Waals surface area (Å²) < 4.78 is 2.51. The minimum Gasteiger partial charge on any atom is -0.363 e. The number of nitrogens with one attached hydrogen (secondary N) is 4. The summed E-state index contributed by atoms with van der Waals surface area (Å²) in [6, 6.07) is 65.7. The van der Waals surface area contributed by atoms with E-state index in [2.05, 4.69) is 226 Å². The number of hydrogen-bond acceptors (Lipinski definition) is 4. The molecule has 8 aromatic carbocycles. The van der Waals surface area contributed by atoms with Crippen LogP contribution in [-0.4, -0.2) is 10.7 Å². The Labute approximate surface area is 332 Å². The van der Waals surface area contributed by atoms with Crippen molar-refractivity contribution in [3.8, 4) is 22.3 Å². The number of dihydropyridines is 1. The lowest BCUT2D eigenvalue weighted by atomic mass is 9.94. The van der Waals surface area contributed by atoms with E-state index in [9.17, 15) is 0 Å². The lowest BCUT2D eigenvalue weighted by Gasteiger charge is -2.41. The van der Waals surface area contributed by atoms with Gasteiger partial charge in [0.25, 0.3) is 0 Å². The highest BCUT2D eigenvalue weighted by Gasteiger charge is 2.33. The molecule has 4 atom stereocenters. The molecule has 0 bridgehead atoms. The number of allylic oxidation sites excluding steroid dienone is 2. The Morgan fingerprint density at radius 3 is 1.86 bits per heavy atom. The fourth-order valence-corrected chi connectivity index (χ4v) is 8.98. The molecule has 5 heteroatoms. The normalized spacial score (nSPS) is 19.5. The van der Waals surface area contributed by atoms with E-state index in [0.717, 1.165) is 5.70 Å². The van der Waals surface area contributed by atoms with Gasteiger partial charge in [-0.2, -0.15) is 0 Å². The average Bonchev–Trinajstić information content (AvgIpc) is 3.63. The summed E-state index contributed by atoms with van der Waals surface area (Å²) in [6.45, 7) is 0. The summed E-state index contributed by atoms with van der Waals surface area (Å²) in [6.07, 6.45) is 6.19. The lowest BCUT2D eigenvalue weighted by Crippen LogP contribution is -2.61. The maximum atomic E-state index is 4.03. The SMILES string of the molecule is C1=CC(n2c3cc(-c4ccccc4)ccc3c3c4ccccc4c(-c4ccccc4)cc32)NC(C2NC(c3ccccc3)NC(c3ccc4ccccc4c3)N2)=C1. The quantitative estimate of drug-likeness (QED) is 0.137. The molecule has 0 radical (unpaired) electrons. The fourth-order valence-electron chi connectivity index (χ4n) is 8.98. The predicted octanol–water partition coefficient (Wildman–Crippen LogP) is 11.5. The minimum atomic E-state index is -0.172. The molecule has 0 aliphatic carbocycles. The van der Waals surface area contributed by atoms with Crippen LogP contribution < -0.4 is 21.3 Å². The lowest BCUT2D eigenvalue weighted by molar-refractivity contribution is 0.214. The van der Waals surface area contributed by atoms with Crippen molar-refractivity contribution < 1.29 is 0 Å². The molecule has 5 nitrogen and oxygen atoms in total. The zero-order chi connectivity index (χ0) is 37.7. The van der Waals surface area contributed by atoms with Crippen molar-refractivity contribution in [1.29, 1.82) is 0 Å². The third-order valence-corrected chi connectivity index (χ3v) is 11.7. The molecular weight excluding hydrogens is 695 g/mol. The van der Waals surface area contributed by atoms with Crippen LogP contribution in [0.25, 0.3) is 65.6 Å². The molecule has 1 fully saturated rings. The second-order valence-corrected chi connectivity index (χ2v) is 15.1. The van der Waals surface area contributed by atoms with Crippen molar-refractivity contribution in [3.63, 3.8) is 0 Å². The van der Waals surface area contributed by atoms with Gasteiger partial charge in [-0.15, -0.1) is 0 Å². The number of aromatic nitrogens is 1. The van der Waals surface area contributed by atoms with E-state index in [1.807, 2.05) is 0 Å². The molecule has 274 valence electrons. The summed E-state index contributed by atoms with van der Waals surface area (Å²) in [4.78, 5) is 0.